The first-order chi connectivity index (χ1) is 4.34. The maximum atomic E-state index is 3.31. The van der Waals surface area contributed by atoms with Crippen molar-refractivity contribution in [3.8, 4) is 0 Å². The van der Waals surface area contributed by atoms with E-state index in [1.807, 2.05) is 0 Å². The van der Waals surface area contributed by atoms with E-state index in [9.17, 15) is 0 Å². The summed E-state index contributed by atoms with van der Waals surface area (Å²) in [6.45, 7) is 4.46. The molecule has 1 aliphatic carbocycles. The Hall–Kier alpha value is 0.480. The summed E-state index contributed by atoms with van der Waals surface area (Å²) >= 11 is 0. The van der Waals surface area contributed by atoms with Gasteiger partial charge in [-0.1, -0.05) is 26.2 Å². The molecule has 0 aliphatic heterocycles. The van der Waals surface area contributed by atoms with Crippen LogP contribution in [0.15, 0.2) is 17.7 Å². The van der Waals surface area contributed by atoms with Gasteiger partial charge >= 0.3 is 29.6 Å². The Morgan fingerprint density at radius 2 is 2.40 bits per heavy atom. The summed E-state index contributed by atoms with van der Waals surface area (Å²) in [6, 6.07) is 0. The van der Waals surface area contributed by atoms with Crippen LogP contribution in [-0.2, 0) is 0 Å². The van der Waals surface area contributed by atoms with E-state index >= 15 is 0 Å². The Balaban J connectivity index is 0.000000810. The molecule has 1 atom stereocenters. The fourth-order valence-corrected chi connectivity index (χ4v) is 0.980. The smallest absolute Gasteiger partial charge is 0.269 e. The van der Waals surface area contributed by atoms with Gasteiger partial charge in [0.15, 0.2) is 0 Å². The van der Waals surface area contributed by atoms with E-state index < -0.39 is 0 Å². The molecule has 0 aromatic heterocycles. The monoisotopic (exact) mass is 144 g/mol. The number of hydrogen-bond acceptors (Lipinski definition) is 0. The van der Waals surface area contributed by atoms with Gasteiger partial charge in [-0.15, -0.1) is 6.42 Å². The Labute approximate surface area is 85.7 Å². The summed E-state index contributed by atoms with van der Waals surface area (Å²) in [5.41, 5.74) is 1.40. The van der Waals surface area contributed by atoms with E-state index in [0.717, 1.165) is 6.42 Å². The first kappa shape index (κ1) is 10.5. The first-order valence-corrected chi connectivity index (χ1v) is 3.62. The minimum absolute atomic E-state index is 0. The molecule has 50 valence electrons. The predicted octanol–water partition coefficient (Wildman–Crippen LogP) is -0.274. The van der Waals surface area contributed by atoms with Gasteiger partial charge in [-0.25, -0.2) is 11.6 Å². The normalized spacial score (nSPS) is 18.0. The summed E-state index contributed by atoms with van der Waals surface area (Å²) < 4.78 is 0. The van der Waals surface area contributed by atoms with Crippen molar-refractivity contribution in [3.05, 3.63) is 23.8 Å². The van der Waals surface area contributed by atoms with Crippen LogP contribution in [0.25, 0.3) is 0 Å². The molecule has 1 heteroatoms. The summed E-state index contributed by atoms with van der Waals surface area (Å²) in [7, 11) is 0. The van der Waals surface area contributed by atoms with Crippen LogP contribution in [-0.4, -0.2) is 0 Å². The van der Waals surface area contributed by atoms with E-state index in [1.165, 1.54) is 12.0 Å². The Kier molecular flexibility index (Phi) is 5.42. The molecule has 0 N–H and O–H groups in total. The van der Waals surface area contributed by atoms with E-state index in [1.54, 1.807) is 0 Å². The molecular weight excluding hydrogens is 131 g/mol. The third-order valence-corrected chi connectivity index (χ3v) is 1.86. The maximum Gasteiger partial charge on any atom is 1.00 e. The molecule has 0 aromatic rings. The zero-order valence-corrected chi connectivity index (χ0v) is 9.15. The zero-order chi connectivity index (χ0) is 6.69. The Morgan fingerprint density at radius 3 is 2.80 bits per heavy atom. The molecule has 0 aromatic carbocycles. The topological polar surface area (TPSA) is 0 Å². The van der Waals surface area contributed by atoms with Gasteiger partial charge in [0.1, 0.15) is 0 Å². The van der Waals surface area contributed by atoms with Crippen LogP contribution in [0.1, 0.15) is 26.7 Å². The third-order valence-electron chi connectivity index (χ3n) is 1.86. The van der Waals surface area contributed by atoms with Crippen molar-refractivity contribution in [2.24, 2.45) is 5.92 Å². The zero-order valence-electron chi connectivity index (χ0n) is 7.15. The molecule has 1 aliphatic rings. The van der Waals surface area contributed by atoms with Crippen LogP contribution < -0.4 is 29.6 Å². The largest absolute Gasteiger partial charge is 1.00 e. The Morgan fingerprint density at radius 1 is 1.70 bits per heavy atom. The molecule has 1 unspecified atom stereocenters. The second kappa shape index (κ2) is 5.17. The van der Waals surface area contributed by atoms with E-state index in [-0.39, 0.29) is 29.6 Å². The number of hydrogen-bond donors (Lipinski definition) is 0. The van der Waals surface area contributed by atoms with Crippen molar-refractivity contribution < 1.29 is 29.6 Å². The van der Waals surface area contributed by atoms with Crippen molar-refractivity contribution in [2.75, 3.05) is 0 Å². The van der Waals surface area contributed by atoms with E-state index in [2.05, 4.69) is 32.1 Å². The Bertz CT molecular complexity index is 145. The van der Waals surface area contributed by atoms with Gasteiger partial charge < -0.3 is 0 Å². The number of rotatable bonds is 2. The van der Waals surface area contributed by atoms with Gasteiger partial charge in [0.05, 0.1) is 0 Å². The van der Waals surface area contributed by atoms with Gasteiger partial charge in [-0.05, 0) is 0 Å². The summed E-state index contributed by atoms with van der Waals surface area (Å²) in [4.78, 5) is 0. The molecule has 0 nitrogen and oxygen atoms in total. The van der Waals surface area contributed by atoms with Gasteiger partial charge in [0.2, 0.25) is 0 Å². The molecule has 0 radical (unpaired) electrons. The van der Waals surface area contributed by atoms with Crippen LogP contribution in [0.2, 0.25) is 0 Å². The summed E-state index contributed by atoms with van der Waals surface area (Å²) in [5, 5.41) is 0. The van der Waals surface area contributed by atoms with Crippen molar-refractivity contribution in [1.29, 1.82) is 0 Å². The van der Waals surface area contributed by atoms with Gasteiger partial charge in [-0.2, -0.15) is 6.08 Å². The van der Waals surface area contributed by atoms with Crippen LogP contribution in [0.3, 0.4) is 0 Å². The molecule has 0 saturated heterocycles. The third kappa shape index (κ3) is 2.61. The van der Waals surface area contributed by atoms with Crippen LogP contribution in [0.5, 0.6) is 0 Å². The van der Waals surface area contributed by atoms with Gasteiger partial charge in [0, 0.05) is 0 Å². The maximum absolute atomic E-state index is 3.31. The van der Waals surface area contributed by atoms with Crippen molar-refractivity contribution in [3.63, 3.8) is 0 Å². The van der Waals surface area contributed by atoms with E-state index in [0.29, 0.717) is 5.92 Å². The van der Waals surface area contributed by atoms with Crippen molar-refractivity contribution in [2.45, 2.75) is 26.7 Å². The predicted molar refractivity (Wildman–Crippen MR) is 40.0 cm³/mol. The fourth-order valence-electron chi connectivity index (χ4n) is 0.980. The van der Waals surface area contributed by atoms with Crippen molar-refractivity contribution >= 4 is 0 Å². The SMILES string of the molecule is CCC(C)C1=[C-]CC=C1.[Na+]. The van der Waals surface area contributed by atoms with Crippen molar-refractivity contribution in [1.82, 2.24) is 0 Å². The summed E-state index contributed by atoms with van der Waals surface area (Å²) in [6.07, 6.45) is 9.93. The second-order valence-corrected chi connectivity index (χ2v) is 2.55. The average molecular weight is 144 g/mol. The summed E-state index contributed by atoms with van der Waals surface area (Å²) in [5.74, 6) is 0.712. The quantitative estimate of drug-likeness (QED) is 0.369. The number of allylic oxidation sites excluding steroid dienone is 4. The average Bonchev–Trinajstić information content (AvgIpc) is 2.37. The molecule has 0 saturated carbocycles. The van der Waals surface area contributed by atoms with Gasteiger partial charge in [0.25, 0.3) is 0 Å². The van der Waals surface area contributed by atoms with Crippen LogP contribution >= 0.6 is 0 Å². The minimum Gasteiger partial charge on any atom is -0.269 e. The minimum atomic E-state index is 0. The molecule has 0 bridgehead atoms. The molecule has 0 fully saturated rings. The molecule has 1 rings (SSSR count). The first-order valence-electron chi connectivity index (χ1n) is 3.62. The molecule has 10 heavy (non-hydrogen) atoms. The van der Waals surface area contributed by atoms with Crippen LogP contribution in [0.4, 0.5) is 0 Å². The molecule has 0 amide bonds. The molecule has 0 spiro atoms. The molecule has 0 heterocycles. The van der Waals surface area contributed by atoms with Gasteiger partial charge in [-0.3, -0.25) is 6.08 Å². The van der Waals surface area contributed by atoms with E-state index in [4.69, 9.17) is 0 Å². The molecular formula is C9H13Na. The standard InChI is InChI=1S/C9H13.Na/c1-3-8(2)9-6-4-5-7-9;/h4,6,8H,3,5H2,1-2H3;/q-1;+1. The fraction of sp³-hybridized carbons (Fsp3) is 0.556. The van der Waals surface area contributed by atoms with Crippen LogP contribution in [0, 0.1) is 12.0 Å². The second-order valence-electron chi connectivity index (χ2n) is 2.55.